The summed E-state index contributed by atoms with van der Waals surface area (Å²) >= 11 is 0. The molecule has 1 fully saturated rings. The summed E-state index contributed by atoms with van der Waals surface area (Å²) in [5.74, 6) is 0.802. The van der Waals surface area contributed by atoms with Gasteiger partial charge in [0.25, 0.3) is 5.91 Å². The summed E-state index contributed by atoms with van der Waals surface area (Å²) < 4.78 is 0. The lowest BCUT2D eigenvalue weighted by Crippen LogP contribution is -2.37. The predicted molar refractivity (Wildman–Crippen MR) is 83.5 cm³/mol. The molecule has 5 nitrogen and oxygen atoms in total. The largest absolute Gasteiger partial charge is 0.354 e. The number of amides is 1. The Hall–Kier alpha value is -2.87. The number of carbonyl (C=O) groups excluding carboxylic acids is 1. The predicted octanol–water partition coefficient (Wildman–Crippen LogP) is 1.96. The first-order valence-corrected chi connectivity index (χ1v) is 7.23. The minimum absolute atomic E-state index is 0.0975. The van der Waals surface area contributed by atoms with E-state index in [0.29, 0.717) is 11.1 Å². The molecule has 1 aromatic heterocycles. The van der Waals surface area contributed by atoms with Crippen molar-refractivity contribution in [3.63, 3.8) is 0 Å². The van der Waals surface area contributed by atoms with E-state index in [1.54, 1.807) is 30.5 Å². The molecule has 0 bridgehead atoms. The van der Waals surface area contributed by atoms with Gasteiger partial charge in [0.1, 0.15) is 5.82 Å². The zero-order chi connectivity index (χ0) is 15.4. The van der Waals surface area contributed by atoms with Crippen LogP contribution in [0.15, 0.2) is 48.7 Å². The van der Waals surface area contributed by atoms with Crippen LogP contribution in [0.4, 0.5) is 5.82 Å². The van der Waals surface area contributed by atoms with Crippen molar-refractivity contribution >= 4 is 11.7 Å². The van der Waals surface area contributed by atoms with Gasteiger partial charge < -0.3 is 10.2 Å². The second-order valence-corrected chi connectivity index (χ2v) is 5.29. The van der Waals surface area contributed by atoms with Crippen LogP contribution in [0.1, 0.15) is 22.3 Å². The van der Waals surface area contributed by atoms with Gasteiger partial charge in [-0.15, -0.1) is 0 Å². The van der Waals surface area contributed by atoms with Crippen LogP contribution in [0.2, 0.25) is 0 Å². The Labute approximate surface area is 129 Å². The van der Waals surface area contributed by atoms with Gasteiger partial charge in [-0.05, 0) is 36.8 Å². The van der Waals surface area contributed by atoms with Crippen LogP contribution >= 0.6 is 0 Å². The molecule has 1 aliphatic heterocycles. The molecule has 22 heavy (non-hydrogen) atoms. The topological polar surface area (TPSA) is 69.0 Å². The van der Waals surface area contributed by atoms with Crippen LogP contribution in [0.25, 0.3) is 0 Å². The molecule has 1 N–H and O–H groups in total. The smallest absolute Gasteiger partial charge is 0.251 e. The highest BCUT2D eigenvalue weighted by molar-refractivity contribution is 5.94. The fourth-order valence-corrected chi connectivity index (χ4v) is 2.63. The van der Waals surface area contributed by atoms with E-state index in [1.807, 2.05) is 24.3 Å². The van der Waals surface area contributed by atoms with Gasteiger partial charge in [-0.3, -0.25) is 4.79 Å². The van der Waals surface area contributed by atoms with Crippen molar-refractivity contribution in [2.24, 2.45) is 0 Å². The number of anilines is 1. The maximum atomic E-state index is 12.3. The minimum atomic E-state index is -0.134. The Morgan fingerprint density at radius 3 is 3.00 bits per heavy atom. The SMILES string of the molecule is N#Cc1cccc(C(=O)N[C@@H]2CCN(c3ccccn3)C2)c1. The van der Waals surface area contributed by atoms with E-state index in [0.717, 1.165) is 25.3 Å². The summed E-state index contributed by atoms with van der Waals surface area (Å²) in [5, 5.41) is 11.9. The number of aromatic nitrogens is 1. The second kappa shape index (κ2) is 6.27. The van der Waals surface area contributed by atoms with Gasteiger partial charge in [0, 0.05) is 30.9 Å². The Balaban J connectivity index is 1.62. The first-order valence-electron chi connectivity index (χ1n) is 7.23. The van der Waals surface area contributed by atoms with Crippen LogP contribution in [-0.4, -0.2) is 30.0 Å². The molecule has 110 valence electrons. The molecule has 2 aromatic rings. The average Bonchev–Trinajstić information content (AvgIpc) is 3.04. The fourth-order valence-electron chi connectivity index (χ4n) is 2.63. The molecule has 3 rings (SSSR count). The molecule has 0 aliphatic carbocycles. The number of nitriles is 1. The summed E-state index contributed by atoms with van der Waals surface area (Å²) in [6.45, 7) is 1.63. The van der Waals surface area contributed by atoms with E-state index < -0.39 is 0 Å². The first-order chi connectivity index (χ1) is 10.8. The van der Waals surface area contributed by atoms with Crippen molar-refractivity contribution in [1.29, 1.82) is 5.26 Å². The summed E-state index contributed by atoms with van der Waals surface area (Å²) in [6.07, 6.45) is 2.66. The molecule has 2 heterocycles. The van der Waals surface area contributed by atoms with Crippen molar-refractivity contribution in [2.45, 2.75) is 12.5 Å². The van der Waals surface area contributed by atoms with Crippen molar-refractivity contribution in [3.8, 4) is 6.07 Å². The molecule has 0 radical (unpaired) electrons. The van der Waals surface area contributed by atoms with Gasteiger partial charge in [0.15, 0.2) is 0 Å². The third kappa shape index (κ3) is 3.07. The molecular formula is C17H16N4O. The van der Waals surface area contributed by atoms with E-state index in [9.17, 15) is 4.79 Å². The highest BCUT2D eigenvalue weighted by atomic mass is 16.1. The van der Waals surface area contributed by atoms with E-state index in [1.165, 1.54) is 0 Å². The zero-order valence-electron chi connectivity index (χ0n) is 12.1. The number of hydrogen-bond donors (Lipinski definition) is 1. The quantitative estimate of drug-likeness (QED) is 0.939. The molecule has 1 aliphatic rings. The van der Waals surface area contributed by atoms with Crippen LogP contribution < -0.4 is 10.2 Å². The third-order valence-corrected chi connectivity index (χ3v) is 3.75. The van der Waals surface area contributed by atoms with Crippen molar-refractivity contribution in [2.75, 3.05) is 18.0 Å². The molecule has 0 saturated carbocycles. The highest BCUT2D eigenvalue weighted by Gasteiger charge is 2.25. The molecule has 1 amide bonds. The number of nitrogens with zero attached hydrogens (tertiary/aromatic N) is 3. The molecular weight excluding hydrogens is 276 g/mol. The Kier molecular flexibility index (Phi) is 4.01. The van der Waals surface area contributed by atoms with Gasteiger partial charge in [0.2, 0.25) is 0 Å². The van der Waals surface area contributed by atoms with Crippen LogP contribution in [0.3, 0.4) is 0 Å². The summed E-state index contributed by atoms with van der Waals surface area (Å²) in [7, 11) is 0. The van der Waals surface area contributed by atoms with Gasteiger partial charge in [-0.25, -0.2) is 4.98 Å². The summed E-state index contributed by atoms with van der Waals surface area (Å²) in [4.78, 5) is 18.8. The number of nitrogens with one attached hydrogen (secondary N) is 1. The number of pyridine rings is 1. The first kappa shape index (κ1) is 14.1. The lowest BCUT2D eigenvalue weighted by atomic mass is 10.1. The fraction of sp³-hybridized carbons (Fsp3) is 0.235. The number of carbonyl (C=O) groups is 1. The van der Waals surface area contributed by atoms with E-state index >= 15 is 0 Å². The zero-order valence-corrected chi connectivity index (χ0v) is 12.1. The second-order valence-electron chi connectivity index (χ2n) is 5.29. The van der Waals surface area contributed by atoms with Gasteiger partial charge in [-0.1, -0.05) is 12.1 Å². The van der Waals surface area contributed by atoms with Crippen LogP contribution in [0.5, 0.6) is 0 Å². The monoisotopic (exact) mass is 292 g/mol. The van der Waals surface area contributed by atoms with Gasteiger partial charge >= 0.3 is 0 Å². The van der Waals surface area contributed by atoms with Gasteiger partial charge in [-0.2, -0.15) is 5.26 Å². The van der Waals surface area contributed by atoms with E-state index in [2.05, 4.69) is 15.2 Å². The Morgan fingerprint density at radius 1 is 1.32 bits per heavy atom. The average molecular weight is 292 g/mol. The Morgan fingerprint density at radius 2 is 2.23 bits per heavy atom. The summed E-state index contributed by atoms with van der Waals surface area (Å²) in [6, 6.07) is 14.7. The molecule has 1 atom stereocenters. The highest BCUT2D eigenvalue weighted by Crippen LogP contribution is 2.17. The number of rotatable bonds is 3. The number of hydrogen-bond acceptors (Lipinski definition) is 4. The van der Waals surface area contributed by atoms with Crippen LogP contribution in [-0.2, 0) is 0 Å². The summed E-state index contributed by atoms with van der Waals surface area (Å²) in [5.41, 5.74) is 1.02. The third-order valence-electron chi connectivity index (χ3n) is 3.75. The molecule has 5 heteroatoms. The molecule has 1 aromatic carbocycles. The lowest BCUT2D eigenvalue weighted by Gasteiger charge is -2.17. The Bertz CT molecular complexity index is 708. The molecule has 0 unspecified atom stereocenters. The van der Waals surface area contributed by atoms with Crippen molar-refractivity contribution < 1.29 is 4.79 Å². The molecule has 1 saturated heterocycles. The number of benzene rings is 1. The van der Waals surface area contributed by atoms with Crippen molar-refractivity contribution in [1.82, 2.24) is 10.3 Å². The minimum Gasteiger partial charge on any atom is -0.354 e. The normalized spacial score (nSPS) is 17.0. The van der Waals surface area contributed by atoms with E-state index in [-0.39, 0.29) is 11.9 Å². The maximum absolute atomic E-state index is 12.3. The molecule has 0 spiro atoms. The standard InChI is InChI=1S/C17H16N4O/c18-11-13-4-3-5-14(10-13)17(22)20-15-7-9-21(12-15)16-6-1-2-8-19-16/h1-6,8,10,15H,7,9,12H2,(H,20,22)/t15-/m1/s1. The van der Waals surface area contributed by atoms with Crippen molar-refractivity contribution in [3.05, 3.63) is 59.8 Å². The van der Waals surface area contributed by atoms with E-state index in [4.69, 9.17) is 5.26 Å². The lowest BCUT2D eigenvalue weighted by molar-refractivity contribution is 0.0940. The maximum Gasteiger partial charge on any atom is 0.251 e. The van der Waals surface area contributed by atoms with Gasteiger partial charge in [0.05, 0.1) is 11.6 Å². The van der Waals surface area contributed by atoms with Crippen LogP contribution in [0, 0.1) is 11.3 Å².